The lowest BCUT2D eigenvalue weighted by Gasteiger charge is -2.62. The van der Waals surface area contributed by atoms with Crippen molar-refractivity contribution in [3.63, 3.8) is 0 Å². The Kier molecular flexibility index (Phi) is 8.76. The minimum atomic E-state index is -0.212. The van der Waals surface area contributed by atoms with Crippen LogP contribution in [0.1, 0.15) is 116 Å². The van der Waals surface area contributed by atoms with Gasteiger partial charge in [-0.25, -0.2) is 0 Å². The van der Waals surface area contributed by atoms with Gasteiger partial charge in [0, 0.05) is 25.8 Å². The second-order valence-electron chi connectivity index (χ2n) is 13.8. The van der Waals surface area contributed by atoms with Crippen molar-refractivity contribution in [2.45, 2.75) is 116 Å². The SMILES string of the molecule is CCCCCNC(=O)CCCOc1ccc([C@H]2C[C@]3(C)[C@@H](O)CC[C@H]3[C@@H]3CC[C@H]4CC(=O)CC[C@]4(C)[C@H]32)cc1. The largest absolute Gasteiger partial charge is 0.494 e. The molecule has 216 valence electrons. The molecule has 1 amide bonds. The van der Waals surface area contributed by atoms with Crippen molar-refractivity contribution in [2.24, 2.45) is 34.5 Å². The van der Waals surface area contributed by atoms with Crippen LogP contribution in [0, 0.1) is 34.5 Å². The van der Waals surface area contributed by atoms with Gasteiger partial charge in [-0.2, -0.15) is 0 Å². The summed E-state index contributed by atoms with van der Waals surface area (Å²) in [5.74, 6) is 4.12. The van der Waals surface area contributed by atoms with Gasteiger partial charge in [0.15, 0.2) is 0 Å². The van der Waals surface area contributed by atoms with Gasteiger partial charge < -0.3 is 15.2 Å². The van der Waals surface area contributed by atoms with E-state index in [1.54, 1.807) is 0 Å². The highest BCUT2D eigenvalue weighted by Crippen LogP contribution is 2.69. The van der Waals surface area contributed by atoms with E-state index < -0.39 is 0 Å². The summed E-state index contributed by atoms with van der Waals surface area (Å²) in [6.07, 6.45) is 12.4. The second kappa shape index (κ2) is 11.9. The number of unbranched alkanes of at least 4 members (excludes halogenated alkanes) is 2. The number of fused-ring (bicyclic) bond motifs is 5. The number of carbonyl (C=O) groups is 2. The van der Waals surface area contributed by atoms with Crippen molar-refractivity contribution in [3.05, 3.63) is 29.8 Å². The number of ether oxygens (including phenoxy) is 1. The molecule has 39 heavy (non-hydrogen) atoms. The smallest absolute Gasteiger partial charge is 0.220 e. The van der Waals surface area contributed by atoms with E-state index in [4.69, 9.17) is 4.74 Å². The molecule has 0 radical (unpaired) electrons. The summed E-state index contributed by atoms with van der Waals surface area (Å²) in [6.45, 7) is 8.33. The highest BCUT2D eigenvalue weighted by Gasteiger charge is 2.63. The lowest BCUT2D eigenvalue weighted by molar-refractivity contribution is -0.147. The Morgan fingerprint density at radius 3 is 2.62 bits per heavy atom. The first-order valence-corrected chi connectivity index (χ1v) is 16.0. The molecule has 4 aliphatic rings. The van der Waals surface area contributed by atoms with Crippen molar-refractivity contribution in [1.29, 1.82) is 0 Å². The van der Waals surface area contributed by atoms with Gasteiger partial charge in [-0.1, -0.05) is 45.7 Å². The maximum atomic E-state index is 12.4. The van der Waals surface area contributed by atoms with Crippen molar-refractivity contribution in [3.8, 4) is 5.75 Å². The van der Waals surface area contributed by atoms with Crippen LogP contribution in [-0.4, -0.2) is 36.1 Å². The molecule has 5 nitrogen and oxygen atoms in total. The van der Waals surface area contributed by atoms with Gasteiger partial charge in [-0.05, 0) is 109 Å². The summed E-state index contributed by atoms with van der Waals surface area (Å²) >= 11 is 0. The first kappa shape index (κ1) is 28.6. The van der Waals surface area contributed by atoms with Crippen LogP contribution in [0.2, 0.25) is 0 Å². The summed E-state index contributed by atoms with van der Waals surface area (Å²) in [4.78, 5) is 24.5. The Morgan fingerprint density at radius 1 is 1.05 bits per heavy atom. The van der Waals surface area contributed by atoms with E-state index in [-0.39, 0.29) is 22.8 Å². The Hall–Kier alpha value is -1.88. The molecule has 4 saturated carbocycles. The van der Waals surface area contributed by atoms with Gasteiger partial charge >= 0.3 is 0 Å². The summed E-state index contributed by atoms with van der Waals surface area (Å²) in [5, 5.41) is 14.2. The van der Waals surface area contributed by atoms with Gasteiger partial charge in [-0.15, -0.1) is 0 Å². The highest BCUT2D eigenvalue weighted by molar-refractivity contribution is 5.79. The summed E-state index contributed by atoms with van der Waals surface area (Å²) in [5.41, 5.74) is 1.54. The number of nitrogens with one attached hydrogen (secondary N) is 1. The maximum absolute atomic E-state index is 12.4. The fourth-order valence-electron chi connectivity index (χ4n) is 9.45. The fraction of sp³-hybridized carbons (Fsp3) is 0.765. The molecule has 8 atom stereocenters. The maximum Gasteiger partial charge on any atom is 0.220 e. The first-order valence-electron chi connectivity index (χ1n) is 16.0. The van der Waals surface area contributed by atoms with E-state index in [0.717, 1.165) is 70.1 Å². The third kappa shape index (κ3) is 5.67. The van der Waals surface area contributed by atoms with Crippen molar-refractivity contribution < 1.29 is 19.4 Å². The second-order valence-corrected chi connectivity index (χ2v) is 13.8. The van der Waals surface area contributed by atoms with E-state index in [2.05, 4.69) is 50.4 Å². The molecule has 0 saturated heterocycles. The average Bonchev–Trinajstić information content (AvgIpc) is 3.23. The Labute approximate surface area is 235 Å². The van der Waals surface area contributed by atoms with E-state index in [0.29, 0.717) is 54.8 Å². The lowest BCUT2D eigenvalue weighted by Crippen LogP contribution is -2.56. The number of carbonyl (C=O) groups excluding carboxylic acids is 2. The van der Waals surface area contributed by atoms with E-state index in [1.165, 1.54) is 18.4 Å². The minimum absolute atomic E-state index is 0.0220. The number of hydrogen-bond donors (Lipinski definition) is 2. The van der Waals surface area contributed by atoms with Crippen LogP contribution in [0.3, 0.4) is 0 Å². The standard InChI is InChI=1S/C34H51NO4/c1-4-5-6-19-35-31(38)8-7-20-39-26-12-9-23(10-13-26)28-22-34(3)29(15-16-30(34)37)27-14-11-24-21-25(36)17-18-33(24,2)32(27)28/h9-10,12-13,24,27-30,32,37H,4-8,11,14-22H2,1-3H3,(H,35,38)/t24-,27-,28+,29-,30-,32+,33-,34-/m0/s1. The number of hydrogen-bond acceptors (Lipinski definition) is 4. The van der Waals surface area contributed by atoms with Crippen LogP contribution >= 0.6 is 0 Å². The molecule has 0 heterocycles. The number of rotatable bonds is 10. The normalized spacial score (nSPS) is 37.5. The van der Waals surface area contributed by atoms with Gasteiger partial charge in [0.1, 0.15) is 11.5 Å². The van der Waals surface area contributed by atoms with E-state index in [9.17, 15) is 14.7 Å². The predicted octanol–water partition coefficient (Wildman–Crippen LogP) is 6.82. The number of ketones is 1. The van der Waals surface area contributed by atoms with Crippen LogP contribution in [0.5, 0.6) is 5.75 Å². The number of aliphatic hydroxyl groups is 1. The predicted molar refractivity (Wildman–Crippen MR) is 155 cm³/mol. The summed E-state index contributed by atoms with van der Waals surface area (Å²) in [7, 11) is 0. The highest BCUT2D eigenvalue weighted by atomic mass is 16.5. The van der Waals surface area contributed by atoms with Crippen LogP contribution in [0.4, 0.5) is 0 Å². The van der Waals surface area contributed by atoms with Crippen molar-refractivity contribution >= 4 is 11.7 Å². The lowest BCUT2D eigenvalue weighted by atomic mass is 9.42. The molecule has 5 rings (SSSR count). The summed E-state index contributed by atoms with van der Waals surface area (Å²) < 4.78 is 6.01. The molecule has 0 bridgehead atoms. The van der Waals surface area contributed by atoms with Gasteiger partial charge in [-0.3, -0.25) is 9.59 Å². The molecule has 0 unspecified atom stereocenters. The molecule has 4 aliphatic carbocycles. The number of amides is 1. The topological polar surface area (TPSA) is 75.6 Å². The van der Waals surface area contributed by atoms with Gasteiger partial charge in [0.2, 0.25) is 5.91 Å². The molecular weight excluding hydrogens is 486 g/mol. The molecule has 1 aromatic carbocycles. The third-order valence-corrected chi connectivity index (χ3v) is 11.6. The Morgan fingerprint density at radius 2 is 1.85 bits per heavy atom. The molecule has 5 heteroatoms. The van der Waals surface area contributed by atoms with Crippen molar-refractivity contribution in [2.75, 3.05) is 13.2 Å². The molecular formula is C34H51NO4. The van der Waals surface area contributed by atoms with Crippen LogP contribution in [0.15, 0.2) is 24.3 Å². The van der Waals surface area contributed by atoms with Crippen LogP contribution < -0.4 is 10.1 Å². The quantitative estimate of drug-likeness (QED) is 0.321. The third-order valence-electron chi connectivity index (χ3n) is 11.6. The molecule has 2 N–H and O–H groups in total. The zero-order chi connectivity index (χ0) is 27.6. The molecule has 4 fully saturated rings. The van der Waals surface area contributed by atoms with Crippen LogP contribution in [0.25, 0.3) is 0 Å². The number of Topliss-reactive ketones (excluding diaryl/α,β-unsaturated/α-hetero) is 1. The molecule has 0 aliphatic heterocycles. The fourth-order valence-corrected chi connectivity index (χ4v) is 9.45. The minimum Gasteiger partial charge on any atom is -0.494 e. The van der Waals surface area contributed by atoms with Crippen LogP contribution in [-0.2, 0) is 9.59 Å². The van der Waals surface area contributed by atoms with Gasteiger partial charge in [0.05, 0.1) is 12.7 Å². The Bertz CT molecular complexity index is 1010. The molecule has 1 aromatic rings. The van der Waals surface area contributed by atoms with Gasteiger partial charge in [0.25, 0.3) is 0 Å². The molecule has 0 aromatic heterocycles. The average molecular weight is 538 g/mol. The summed E-state index contributed by atoms with van der Waals surface area (Å²) in [6, 6.07) is 8.70. The zero-order valence-corrected chi connectivity index (χ0v) is 24.6. The van der Waals surface area contributed by atoms with E-state index in [1.807, 2.05) is 0 Å². The number of aliphatic hydroxyl groups excluding tert-OH is 1. The number of benzene rings is 1. The Balaban J connectivity index is 1.26. The molecule has 0 spiro atoms. The monoisotopic (exact) mass is 537 g/mol. The van der Waals surface area contributed by atoms with Crippen molar-refractivity contribution in [1.82, 2.24) is 5.32 Å². The zero-order valence-electron chi connectivity index (χ0n) is 24.6. The van der Waals surface area contributed by atoms with E-state index >= 15 is 0 Å². The first-order chi connectivity index (χ1) is 18.8.